The van der Waals surface area contributed by atoms with Crippen LogP contribution in [-0.2, 0) is 20.7 Å². The summed E-state index contributed by atoms with van der Waals surface area (Å²) in [6, 6.07) is 17.1. The Hall–Kier alpha value is -2.13. The van der Waals surface area contributed by atoms with Crippen molar-refractivity contribution in [3.05, 3.63) is 59.7 Å². The third kappa shape index (κ3) is 7.95. The van der Waals surface area contributed by atoms with Gasteiger partial charge in [0.25, 0.3) is 0 Å². The van der Waals surface area contributed by atoms with Crippen LogP contribution in [0.1, 0.15) is 83.5 Å². The van der Waals surface area contributed by atoms with Gasteiger partial charge in [0.05, 0.1) is 0 Å². The van der Waals surface area contributed by atoms with Gasteiger partial charge in [0.2, 0.25) is 0 Å². The molecule has 0 saturated carbocycles. The summed E-state index contributed by atoms with van der Waals surface area (Å²) in [5.41, 5.74) is 4.77. The van der Waals surface area contributed by atoms with Crippen molar-refractivity contribution >= 4 is 5.97 Å². The van der Waals surface area contributed by atoms with E-state index in [0.29, 0.717) is 6.61 Å². The molecule has 0 N–H and O–H groups in total. The van der Waals surface area contributed by atoms with E-state index >= 15 is 0 Å². The lowest BCUT2D eigenvalue weighted by Crippen LogP contribution is -2.25. The first-order chi connectivity index (χ1) is 14.5. The maximum Gasteiger partial charge on any atom is 0.335 e. The normalized spacial score (nSPS) is 13.1. The van der Waals surface area contributed by atoms with Crippen molar-refractivity contribution in [2.45, 2.75) is 84.8 Å². The molecule has 2 atom stereocenters. The smallest absolute Gasteiger partial charge is 0.335 e. The van der Waals surface area contributed by atoms with Crippen LogP contribution in [0, 0.1) is 0 Å². The lowest BCUT2D eigenvalue weighted by molar-refractivity contribution is -0.161. The molecule has 0 fully saturated rings. The van der Waals surface area contributed by atoms with Crippen LogP contribution in [0.3, 0.4) is 0 Å². The van der Waals surface area contributed by atoms with E-state index < -0.39 is 6.10 Å². The first-order valence-corrected chi connectivity index (χ1v) is 11.6. The highest BCUT2D eigenvalue weighted by atomic mass is 16.6. The summed E-state index contributed by atoms with van der Waals surface area (Å²) in [6.07, 6.45) is 7.35. The fourth-order valence-electron chi connectivity index (χ4n) is 3.41. The number of carbonyl (C=O) groups excluding carboxylic acids is 1. The monoisotopic (exact) mass is 410 g/mol. The summed E-state index contributed by atoms with van der Waals surface area (Å²) in [7, 11) is 0. The van der Waals surface area contributed by atoms with Crippen LogP contribution < -0.4 is 0 Å². The van der Waals surface area contributed by atoms with Gasteiger partial charge in [0, 0.05) is 6.61 Å². The van der Waals surface area contributed by atoms with E-state index in [-0.39, 0.29) is 12.1 Å². The quantitative estimate of drug-likeness (QED) is 0.257. The zero-order chi connectivity index (χ0) is 21.8. The number of carbonyl (C=O) groups is 1. The summed E-state index contributed by atoms with van der Waals surface area (Å²) in [5.74, 6) is -0.304. The third-order valence-corrected chi connectivity index (χ3v) is 5.48. The first kappa shape index (κ1) is 24.1. The van der Waals surface area contributed by atoms with Gasteiger partial charge in [0.15, 0.2) is 6.10 Å². The third-order valence-electron chi connectivity index (χ3n) is 5.48. The highest BCUT2D eigenvalue weighted by Gasteiger charge is 2.19. The molecular formula is C27H38O3. The average molecular weight is 411 g/mol. The fourth-order valence-corrected chi connectivity index (χ4v) is 3.41. The van der Waals surface area contributed by atoms with Crippen molar-refractivity contribution in [3.8, 4) is 11.1 Å². The van der Waals surface area contributed by atoms with Crippen LogP contribution >= 0.6 is 0 Å². The summed E-state index contributed by atoms with van der Waals surface area (Å²) in [6.45, 7) is 8.65. The number of unbranched alkanes of at least 4 members (excludes halogenated alkanes) is 4. The molecule has 164 valence electrons. The van der Waals surface area contributed by atoms with Crippen molar-refractivity contribution in [2.24, 2.45) is 0 Å². The Morgan fingerprint density at radius 1 is 0.800 bits per heavy atom. The highest BCUT2D eigenvalue weighted by molar-refractivity contribution is 5.74. The zero-order valence-electron chi connectivity index (χ0n) is 19.2. The largest absolute Gasteiger partial charge is 0.456 e. The number of benzene rings is 2. The molecule has 0 saturated heterocycles. The van der Waals surface area contributed by atoms with E-state index in [1.54, 1.807) is 6.92 Å². The molecule has 3 heteroatoms. The van der Waals surface area contributed by atoms with E-state index in [4.69, 9.17) is 9.47 Å². The minimum atomic E-state index is -0.528. The van der Waals surface area contributed by atoms with Gasteiger partial charge in [-0.15, -0.1) is 0 Å². The molecule has 30 heavy (non-hydrogen) atoms. The standard InChI is InChI=1S/C27H38O3/c1-5-7-9-11-23-12-14-25(15-13-23)26-18-16-24(17-19-26)21(3)30-27(28)22(4)29-20-10-8-6-2/h12-19,21-22H,5-11,20H2,1-4H3. The molecule has 0 radical (unpaired) electrons. The van der Waals surface area contributed by atoms with Gasteiger partial charge < -0.3 is 9.47 Å². The Morgan fingerprint density at radius 2 is 1.37 bits per heavy atom. The molecule has 0 amide bonds. The van der Waals surface area contributed by atoms with Crippen molar-refractivity contribution in [2.75, 3.05) is 6.61 Å². The van der Waals surface area contributed by atoms with Crippen LogP contribution in [0.2, 0.25) is 0 Å². The molecule has 2 rings (SSSR count). The van der Waals surface area contributed by atoms with Crippen molar-refractivity contribution in [3.63, 3.8) is 0 Å². The summed E-state index contributed by atoms with van der Waals surface area (Å²) >= 11 is 0. The van der Waals surface area contributed by atoms with Crippen LogP contribution in [0.5, 0.6) is 0 Å². The Bertz CT molecular complexity index is 734. The van der Waals surface area contributed by atoms with E-state index in [2.05, 4.69) is 50.2 Å². The Labute approximate surface area is 182 Å². The minimum Gasteiger partial charge on any atom is -0.456 e. The lowest BCUT2D eigenvalue weighted by atomic mass is 9.99. The SMILES string of the molecule is CCCCCOC(C)C(=O)OC(C)c1ccc(-c2ccc(CCCCC)cc2)cc1. The molecule has 2 aromatic carbocycles. The van der Waals surface area contributed by atoms with Gasteiger partial charge in [-0.1, -0.05) is 88.1 Å². The highest BCUT2D eigenvalue weighted by Crippen LogP contribution is 2.24. The summed E-state index contributed by atoms with van der Waals surface area (Å²) in [4.78, 5) is 12.3. The predicted molar refractivity (Wildman–Crippen MR) is 125 cm³/mol. The molecule has 2 unspecified atom stereocenters. The molecule has 0 bridgehead atoms. The number of esters is 1. The van der Waals surface area contributed by atoms with E-state index in [0.717, 1.165) is 31.2 Å². The molecule has 3 nitrogen and oxygen atoms in total. The van der Waals surface area contributed by atoms with Gasteiger partial charge in [-0.05, 0) is 55.4 Å². The first-order valence-electron chi connectivity index (χ1n) is 11.6. The Kier molecular flexibility index (Phi) is 10.6. The average Bonchev–Trinajstić information content (AvgIpc) is 2.77. The number of ether oxygens (including phenoxy) is 2. The lowest BCUT2D eigenvalue weighted by Gasteiger charge is -2.18. The second-order valence-corrected chi connectivity index (χ2v) is 8.08. The van der Waals surface area contributed by atoms with E-state index in [1.807, 2.05) is 19.1 Å². The van der Waals surface area contributed by atoms with Gasteiger partial charge in [-0.3, -0.25) is 0 Å². The summed E-state index contributed by atoms with van der Waals surface area (Å²) in [5, 5.41) is 0. The molecule has 0 aliphatic carbocycles. The molecule has 0 aliphatic heterocycles. The number of aryl methyl sites for hydroxylation is 1. The zero-order valence-corrected chi connectivity index (χ0v) is 19.2. The fraction of sp³-hybridized carbons (Fsp3) is 0.519. The Balaban J connectivity index is 1.87. The predicted octanol–water partition coefficient (Wildman–Crippen LogP) is 7.29. The second-order valence-electron chi connectivity index (χ2n) is 8.08. The van der Waals surface area contributed by atoms with Gasteiger partial charge >= 0.3 is 5.97 Å². The maximum atomic E-state index is 12.3. The van der Waals surface area contributed by atoms with Gasteiger partial charge in [0.1, 0.15) is 6.10 Å². The molecule has 0 spiro atoms. The second kappa shape index (κ2) is 13.2. The number of rotatable bonds is 13. The van der Waals surface area contributed by atoms with Gasteiger partial charge in [-0.2, -0.15) is 0 Å². The van der Waals surface area contributed by atoms with E-state index in [9.17, 15) is 4.79 Å². The van der Waals surface area contributed by atoms with Crippen molar-refractivity contribution < 1.29 is 14.3 Å². The van der Waals surface area contributed by atoms with Crippen molar-refractivity contribution in [1.82, 2.24) is 0 Å². The number of hydrogen-bond acceptors (Lipinski definition) is 3. The topological polar surface area (TPSA) is 35.5 Å². The van der Waals surface area contributed by atoms with Crippen molar-refractivity contribution in [1.29, 1.82) is 0 Å². The molecule has 2 aromatic rings. The minimum absolute atomic E-state index is 0.297. The molecule has 0 aromatic heterocycles. The molecular weight excluding hydrogens is 372 g/mol. The van der Waals surface area contributed by atoms with Crippen LogP contribution in [0.15, 0.2) is 48.5 Å². The molecule has 0 aliphatic rings. The Morgan fingerprint density at radius 3 is 1.97 bits per heavy atom. The van der Waals surface area contributed by atoms with E-state index in [1.165, 1.54) is 36.0 Å². The summed E-state index contributed by atoms with van der Waals surface area (Å²) < 4.78 is 11.2. The molecule has 0 heterocycles. The van der Waals surface area contributed by atoms with Crippen LogP contribution in [0.4, 0.5) is 0 Å². The number of hydrogen-bond donors (Lipinski definition) is 0. The van der Waals surface area contributed by atoms with Crippen LogP contribution in [-0.4, -0.2) is 18.7 Å². The maximum absolute atomic E-state index is 12.3. The van der Waals surface area contributed by atoms with Gasteiger partial charge in [-0.25, -0.2) is 4.79 Å². The van der Waals surface area contributed by atoms with Crippen LogP contribution in [0.25, 0.3) is 11.1 Å².